The maximum atomic E-state index is 13.5. The fourth-order valence-electron chi connectivity index (χ4n) is 4.37. The molecule has 0 radical (unpaired) electrons. The number of fused-ring (bicyclic) bond motifs is 1. The summed E-state index contributed by atoms with van der Waals surface area (Å²) in [5, 5.41) is 0.524. The van der Waals surface area contributed by atoms with E-state index in [0.717, 1.165) is 22.5 Å². The van der Waals surface area contributed by atoms with E-state index in [0.29, 0.717) is 29.7 Å². The van der Waals surface area contributed by atoms with Crippen LogP contribution in [0, 0.1) is 12.7 Å². The van der Waals surface area contributed by atoms with Gasteiger partial charge in [0, 0.05) is 19.8 Å². The first kappa shape index (κ1) is 20.9. The lowest BCUT2D eigenvalue weighted by Gasteiger charge is -2.21. The van der Waals surface area contributed by atoms with E-state index in [1.807, 2.05) is 53.6 Å². The maximum Gasteiger partial charge on any atom is 0.277 e. The lowest BCUT2D eigenvalue weighted by Crippen LogP contribution is -2.38. The van der Waals surface area contributed by atoms with Crippen molar-refractivity contribution >= 4 is 6.08 Å². The molecule has 33 heavy (non-hydrogen) atoms. The fourth-order valence-corrected chi connectivity index (χ4v) is 4.37. The Kier molecular flexibility index (Phi) is 5.20. The number of aromatic nitrogens is 4. The molecule has 0 spiro atoms. The normalized spacial score (nSPS) is 15.9. The van der Waals surface area contributed by atoms with Crippen LogP contribution < -0.4 is 21.3 Å². The first-order valence-corrected chi connectivity index (χ1v) is 10.7. The summed E-state index contributed by atoms with van der Waals surface area (Å²) in [5.41, 5.74) is 4.00. The molecule has 0 aliphatic carbocycles. The molecule has 0 saturated heterocycles. The molecule has 0 bridgehead atoms. The third kappa shape index (κ3) is 3.67. The minimum atomic E-state index is -0.294. The van der Waals surface area contributed by atoms with Crippen LogP contribution in [0.3, 0.4) is 0 Å². The van der Waals surface area contributed by atoms with Gasteiger partial charge in [-0.15, -0.1) is 0 Å². The molecule has 5 rings (SSSR count). The van der Waals surface area contributed by atoms with Gasteiger partial charge in [-0.3, -0.25) is 14.4 Å². The number of hydrogen-bond acceptors (Lipinski definition) is 4. The van der Waals surface area contributed by atoms with Crippen LogP contribution in [0.15, 0.2) is 64.8 Å². The second kappa shape index (κ2) is 8.20. The second-order valence-electron chi connectivity index (χ2n) is 8.16. The minimum absolute atomic E-state index is 0.126. The highest BCUT2D eigenvalue weighted by molar-refractivity contribution is 5.58. The predicted octanol–water partition coefficient (Wildman–Crippen LogP) is 2.27. The number of methoxy groups -OCH3 is 1. The predicted molar refractivity (Wildman–Crippen MR) is 123 cm³/mol. The number of ether oxygens (including phenoxy) is 1. The standard InChI is InChI=1S/C25H24FN5O2/c1-16-14-30(15-28-16)21-9-4-17(13-23(21)33-3)12-22-24(32)31-20(10-11-27-25(31)29(22)2)18-5-7-19(26)8-6-18/h4-9,12-15,20H,10-11H2,1-3H3/b22-12-. The number of halogens is 1. The number of benzene rings is 2. The molecule has 0 saturated carbocycles. The van der Waals surface area contributed by atoms with Gasteiger partial charge in [0.2, 0.25) is 5.62 Å². The Morgan fingerprint density at radius 2 is 1.97 bits per heavy atom. The van der Waals surface area contributed by atoms with Crippen LogP contribution in [0.4, 0.5) is 4.39 Å². The summed E-state index contributed by atoms with van der Waals surface area (Å²) in [7, 11) is 3.46. The third-order valence-corrected chi connectivity index (χ3v) is 6.03. The van der Waals surface area contributed by atoms with E-state index in [9.17, 15) is 9.18 Å². The van der Waals surface area contributed by atoms with Crippen molar-refractivity contribution < 1.29 is 9.13 Å². The molecule has 1 aliphatic heterocycles. The van der Waals surface area contributed by atoms with Crippen molar-refractivity contribution in [2.75, 3.05) is 13.7 Å². The van der Waals surface area contributed by atoms with Gasteiger partial charge in [-0.25, -0.2) is 9.37 Å². The minimum Gasteiger partial charge on any atom is -0.495 e. The average molecular weight is 445 g/mol. The molecular formula is C25H24FN5O2. The SMILES string of the molecule is COc1cc(/C=c2/c(=O)n3c(n2C)=NCCC3c2ccc(F)cc2)ccc1-n1cnc(C)c1. The maximum absolute atomic E-state index is 13.5. The van der Waals surface area contributed by atoms with E-state index in [1.165, 1.54) is 12.1 Å². The van der Waals surface area contributed by atoms with Gasteiger partial charge < -0.3 is 13.9 Å². The van der Waals surface area contributed by atoms with Gasteiger partial charge in [0.05, 0.1) is 30.9 Å². The Hall–Kier alpha value is -3.94. The highest BCUT2D eigenvalue weighted by Crippen LogP contribution is 2.25. The summed E-state index contributed by atoms with van der Waals surface area (Å²) in [4.78, 5) is 22.3. The zero-order valence-electron chi connectivity index (χ0n) is 18.7. The van der Waals surface area contributed by atoms with Crippen molar-refractivity contribution in [3.63, 3.8) is 0 Å². The summed E-state index contributed by atoms with van der Waals surface area (Å²) >= 11 is 0. The Morgan fingerprint density at radius 3 is 2.67 bits per heavy atom. The zero-order valence-corrected chi connectivity index (χ0v) is 18.7. The summed E-state index contributed by atoms with van der Waals surface area (Å²) < 4.78 is 24.5. The highest BCUT2D eigenvalue weighted by atomic mass is 19.1. The molecule has 1 atom stereocenters. The van der Waals surface area contributed by atoms with Crippen molar-refractivity contribution in [1.29, 1.82) is 0 Å². The Bertz CT molecular complexity index is 1510. The van der Waals surface area contributed by atoms with Crippen molar-refractivity contribution in [3.8, 4) is 11.4 Å². The summed E-state index contributed by atoms with van der Waals surface area (Å²) in [6.45, 7) is 2.53. The Balaban J connectivity index is 1.62. The van der Waals surface area contributed by atoms with Crippen molar-refractivity contribution in [1.82, 2.24) is 18.7 Å². The third-order valence-electron chi connectivity index (χ3n) is 6.03. The number of rotatable bonds is 4. The van der Waals surface area contributed by atoms with Crippen molar-refractivity contribution in [2.24, 2.45) is 12.0 Å². The van der Waals surface area contributed by atoms with Crippen LogP contribution in [0.5, 0.6) is 5.75 Å². The number of imidazole rings is 2. The lowest BCUT2D eigenvalue weighted by molar-refractivity contribution is 0.413. The van der Waals surface area contributed by atoms with E-state index < -0.39 is 0 Å². The topological polar surface area (TPSA) is 66.3 Å². The lowest BCUT2D eigenvalue weighted by atomic mass is 10.0. The van der Waals surface area contributed by atoms with Gasteiger partial charge in [-0.1, -0.05) is 18.2 Å². The van der Waals surface area contributed by atoms with E-state index in [2.05, 4.69) is 9.98 Å². The Morgan fingerprint density at radius 1 is 1.18 bits per heavy atom. The smallest absolute Gasteiger partial charge is 0.277 e. The number of hydrogen-bond donors (Lipinski definition) is 0. The van der Waals surface area contributed by atoms with Crippen LogP contribution in [0.1, 0.15) is 29.3 Å². The van der Waals surface area contributed by atoms with Gasteiger partial charge in [0.15, 0.2) is 0 Å². The molecule has 2 aromatic carbocycles. The van der Waals surface area contributed by atoms with Gasteiger partial charge in [-0.05, 0) is 54.8 Å². The van der Waals surface area contributed by atoms with Crippen LogP contribution in [-0.4, -0.2) is 32.3 Å². The summed E-state index contributed by atoms with van der Waals surface area (Å²) in [6.07, 6.45) is 6.20. The second-order valence-corrected chi connectivity index (χ2v) is 8.16. The molecule has 4 aromatic rings. The van der Waals surface area contributed by atoms with Crippen molar-refractivity contribution in [3.05, 3.63) is 98.9 Å². The van der Waals surface area contributed by atoms with E-state index >= 15 is 0 Å². The molecule has 0 fully saturated rings. The molecule has 7 nitrogen and oxygen atoms in total. The largest absolute Gasteiger partial charge is 0.495 e. The Labute approximate surface area is 189 Å². The van der Waals surface area contributed by atoms with E-state index in [-0.39, 0.29) is 17.4 Å². The van der Waals surface area contributed by atoms with Gasteiger partial charge in [-0.2, -0.15) is 0 Å². The molecule has 168 valence electrons. The van der Waals surface area contributed by atoms with E-state index in [1.54, 1.807) is 30.1 Å². The molecule has 2 aromatic heterocycles. The van der Waals surface area contributed by atoms with Gasteiger partial charge in [0.1, 0.15) is 16.9 Å². The van der Waals surface area contributed by atoms with E-state index in [4.69, 9.17) is 4.74 Å². The molecular weight excluding hydrogens is 421 g/mol. The zero-order chi connectivity index (χ0) is 23.1. The summed E-state index contributed by atoms with van der Waals surface area (Å²) in [6, 6.07) is 11.9. The number of aryl methyl sites for hydroxylation is 1. The molecule has 0 amide bonds. The average Bonchev–Trinajstić information content (AvgIpc) is 3.36. The highest BCUT2D eigenvalue weighted by Gasteiger charge is 2.23. The van der Waals surface area contributed by atoms with Crippen LogP contribution >= 0.6 is 0 Å². The first-order chi connectivity index (χ1) is 16.0. The molecule has 0 N–H and O–H groups in total. The van der Waals surface area contributed by atoms with Crippen LogP contribution in [0.2, 0.25) is 0 Å². The van der Waals surface area contributed by atoms with Crippen LogP contribution in [-0.2, 0) is 7.05 Å². The quantitative estimate of drug-likeness (QED) is 0.484. The van der Waals surface area contributed by atoms with Crippen molar-refractivity contribution in [2.45, 2.75) is 19.4 Å². The first-order valence-electron chi connectivity index (χ1n) is 10.7. The number of nitrogens with zero attached hydrogens (tertiary/aromatic N) is 5. The van der Waals surface area contributed by atoms with Gasteiger partial charge in [0.25, 0.3) is 5.56 Å². The fraction of sp³-hybridized carbons (Fsp3) is 0.240. The monoisotopic (exact) mass is 445 g/mol. The van der Waals surface area contributed by atoms with Gasteiger partial charge >= 0.3 is 0 Å². The molecule has 3 heterocycles. The molecule has 1 unspecified atom stereocenters. The summed E-state index contributed by atoms with van der Waals surface area (Å²) in [5.74, 6) is 0.381. The van der Waals surface area contributed by atoms with Crippen LogP contribution in [0.25, 0.3) is 11.8 Å². The molecule has 8 heteroatoms. The molecule has 1 aliphatic rings.